The Balaban J connectivity index is 1.35. The van der Waals surface area contributed by atoms with E-state index >= 15 is 4.79 Å². The summed E-state index contributed by atoms with van der Waals surface area (Å²) >= 11 is 6.39. The number of amides is 4. The molecule has 1 saturated carbocycles. The maximum Gasteiger partial charge on any atom is 0.335 e. The number of nitrogens with zero attached hydrogens (tertiary/aromatic N) is 2. The number of aromatic carboxylic acids is 1. The molecular formula is C41H33ClN2O8. The maximum atomic E-state index is 15.4. The number of carbonyl (C=O) groups excluding carboxylic acids is 4. The van der Waals surface area contributed by atoms with Crippen molar-refractivity contribution in [3.63, 3.8) is 0 Å². The molecule has 3 fully saturated rings. The molecule has 4 aromatic carbocycles. The normalized spacial score (nSPS) is 26.5. The van der Waals surface area contributed by atoms with Crippen molar-refractivity contribution >= 4 is 52.6 Å². The average Bonchev–Trinajstić information content (AvgIpc) is 3.53. The number of carbonyl (C=O) groups is 5. The van der Waals surface area contributed by atoms with Crippen molar-refractivity contribution in [2.45, 2.75) is 31.1 Å². The summed E-state index contributed by atoms with van der Waals surface area (Å²) < 4.78 is 5.80. The molecule has 0 aromatic heterocycles. The number of para-hydroxylation sites is 1. The van der Waals surface area contributed by atoms with Crippen LogP contribution in [0.5, 0.6) is 11.5 Å². The maximum absolute atomic E-state index is 15.4. The zero-order chi connectivity index (χ0) is 36.5. The van der Waals surface area contributed by atoms with Crippen LogP contribution in [0.3, 0.4) is 0 Å². The summed E-state index contributed by atoms with van der Waals surface area (Å²) in [7, 11) is 0. The molecule has 0 spiro atoms. The highest BCUT2D eigenvalue weighted by molar-refractivity contribution is 6.32. The van der Waals surface area contributed by atoms with Crippen molar-refractivity contribution in [3.05, 3.63) is 130 Å². The topological polar surface area (TPSA) is 142 Å². The molecule has 0 radical (unpaired) electrons. The second-order valence-corrected chi connectivity index (χ2v) is 14.0. The van der Waals surface area contributed by atoms with Crippen LogP contribution in [0.25, 0.3) is 0 Å². The SMILES string of the molecule is CCOc1cccc([C@H]2C3=CC[C@@H]4C(=O)N(c5cccc(C(=O)O)c5)C(=O)[C@@H]4[C@@H]3C[C@H]3C(=O)N(c4cccc(Cl)c4)C(=O)[C@@]23c2ccccc2)c1O. The van der Waals surface area contributed by atoms with Crippen LogP contribution in [0.2, 0.25) is 5.02 Å². The van der Waals surface area contributed by atoms with Gasteiger partial charge in [0.05, 0.1) is 46.7 Å². The van der Waals surface area contributed by atoms with Gasteiger partial charge in [-0.1, -0.05) is 77.8 Å². The van der Waals surface area contributed by atoms with Crippen LogP contribution in [0, 0.1) is 23.7 Å². The molecule has 6 atom stereocenters. The van der Waals surface area contributed by atoms with Gasteiger partial charge in [-0.3, -0.25) is 24.1 Å². The van der Waals surface area contributed by atoms with Gasteiger partial charge in [0.25, 0.3) is 0 Å². The van der Waals surface area contributed by atoms with E-state index < -0.39 is 64.6 Å². The summed E-state index contributed by atoms with van der Waals surface area (Å²) in [6.45, 7) is 2.05. The molecular weight excluding hydrogens is 684 g/mol. The Bertz CT molecular complexity index is 2220. The minimum atomic E-state index is -1.57. The van der Waals surface area contributed by atoms with E-state index in [0.29, 0.717) is 27.4 Å². The van der Waals surface area contributed by atoms with Crippen LogP contribution in [0.15, 0.2) is 109 Å². The van der Waals surface area contributed by atoms with Crippen LogP contribution in [-0.2, 0) is 24.6 Å². The number of imide groups is 2. The molecule has 2 aliphatic heterocycles. The number of hydrogen-bond donors (Lipinski definition) is 2. The number of rotatable bonds is 7. The molecule has 2 heterocycles. The predicted octanol–water partition coefficient (Wildman–Crippen LogP) is 6.51. The lowest BCUT2D eigenvalue weighted by Gasteiger charge is -2.50. The number of phenolic OH excluding ortho intramolecular Hbond substituents is 1. The first-order chi connectivity index (χ1) is 25.1. The van der Waals surface area contributed by atoms with Gasteiger partial charge in [0.2, 0.25) is 23.6 Å². The number of phenols is 1. The summed E-state index contributed by atoms with van der Waals surface area (Å²) in [6.07, 6.45) is 2.12. The Morgan fingerprint density at radius 1 is 0.846 bits per heavy atom. The van der Waals surface area contributed by atoms with Crippen molar-refractivity contribution < 1.29 is 38.9 Å². The molecule has 0 unspecified atom stereocenters. The van der Waals surface area contributed by atoms with Crippen LogP contribution in [-0.4, -0.2) is 46.4 Å². The van der Waals surface area contributed by atoms with E-state index in [1.165, 1.54) is 29.2 Å². The molecule has 262 valence electrons. The van der Waals surface area contributed by atoms with E-state index in [9.17, 15) is 29.4 Å². The van der Waals surface area contributed by atoms with Gasteiger partial charge in [-0.2, -0.15) is 0 Å². The molecule has 4 amide bonds. The van der Waals surface area contributed by atoms with Crippen molar-refractivity contribution in [1.29, 1.82) is 0 Å². The van der Waals surface area contributed by atoms with Gasteiger partial charge >= 0.3 is 5.97 Å². The first-order valence-corrected chi connectivity index (χ1v) is 17.5. The van der Waals surface area contributed by atoms with Crippen molar-refractivity contribution in [2.24, 2.45) is 23.7 Å². The van der Waals surface area contributed by atoms with Crippen LogP contribution in [0.1, 0.15) is 47.2 Å². The third kappa shape index (κ3) is 4.74. The van der Waals surface area contributed by atoms with E-state index in [-0.39, 0.29) is 42.2 Å². The molecule has 0 bridgehead atoms. The third-order valence-corrected chi connectivity index (χ3v) is 11.4. The molecule has 2 saturated heterocycles. The quantitative estimate of drug-likeness (QED) is 0.163. The first-order valence-electron chi connectivity index (χ1n) is 17.1. The summed E-state index contributed by atoms with van der Waals surface area (Å²) in [5.74, 6) is -7.45. The molecule has 10 nitrogen and oxygen atoms in total. The molecule has 52 heavy (non-hydrogen) atoms. The van der Waals surface area contributed by atoms with Gasteiger partial charge in [-0.05, 0) is 73.7 Å². The lowest BCUT2D eigenvalue weighted by Crippen LogP contribution is -2.53. The predicted molar refractivity (Wildman–Crippen MR) is 191 cm³/mol. The van der Waals surface area contributed by atoms with E-state index in [0.717, 1.165) is 4.90 Å². The number of halogens is 1. The Labute approximate surface area is 303 Å². The number of carboxylic acids is 1. The number of carboxylic acid groups (broad SMARTS) is 1. The largest absolute Gasteiger partial charge is 0.504 e. The van der Waals surface area contributed by atoms with Gasteiger partial charge < -0.3 is 14.9 Å². The molecule has 4 aliphatic rings. The summed E-state index contributed by atoms with van der Waals surface area (Å²) in [5.41, 5.74) is 0.393. The molecule has 8 rings (SSSR count). The lowest BCUT2D eigenvalue weighted by molar-refractivity contribution is -0.127. The van der Waals surface area contributed by atoms with Crippen LogP contribution >= 0.6 is 11.6 Å². The average molecular weight is 717 g/mol. The monoisotopic (exact) mass is 716 g/mol. The Hall–Kier alpha value is -5.74. The molecule has 11 heteroatoms. The number of benzene rings is 4. The highest BCUT2D eigenvalue weighted by atomic mass is 35.5. The summed E-state index contributed by atoms with van der Waals surface area (Å²) in [6, 6.07) is 26.3. The van der Waals surface area contributed by atoms with E-state index in [4.69, 9.17) is 16.3 Å². The highest BCUT2D eigenvalue weighted by Gasteiger charge is 2.70. The molecule has 2 aliphatic carbocycles. The van der Waals surface area contributed by atoms with Gasteiger partial charge in [-0.25, -0.2) is 9.69 Å². The number of ether oxygens (including phenoxy) is 1. The van der Waals surface area contributed by atoms with Crippen molar-refractivity contribution in [2.75, 3.05) is 16.4 Å². The molecule has 2 N–H and O–H groups in total. The Morgan fingerprint density at radius 3 is 2.27 bits per heavy atom. The lowest BCUT2D eigenvalue weighted by atomic mass is 9.49. The summed E-state index contributed by atoms with van der Waals surface area (Å²) in [5, 5.41) is 21.9. The fourth-order valence-electron chi connectivity index (χ4n) is 9.17. The number of aromatic hydroxyl groups is 1. The standard InChI is InChI=1S/C41H33ClN2O8/c1-2-52-32-16-8-15-29(35(32)45)34-27-17-18-28-33(38(48)43(36(28)46)25-13-6-9-22(19-25)39(49)50)30(27)21-31-37(47)44(26-14-7-12-24(42)20-26)40(51)41(31,34)23-10-4-3-5-11-23/h3-17,19-20,28,30-31,33-34,45H,2,18,21H2,1H3,(H,49,50)/t28-,30+,31-,33-,34+,41+/m0/s1. The second kappa shape index (κ2) is 12.5. The van der Waals surface area contributed by atoms with E-state index in [1.54, 1.807) is 61.5 Å². The number of anilines is 2. The smallest absolute Gasteiger partial charge is 0.335 e. The number of hydrogen-bond acceptors (Lipinski definition) is 7. The fourth-order valence-corrected chi connectivity index (χ4v) is 9.35. The number of allylic oxidation sites excluding steroid dienone is 2. The Kier molecular flexibility index (Phi) is 8.02. The fraction of sp³-hybridized carbons (Fsp3) is 0.244. The van der Waals surface area contributed by atoms with E-state index in [2.05, 4.69) is 0 Å². The number of fused-ring (bicyclic) bond motifs is 4. The van der Waals surface area contributed by atoms with Gasteiger partial charge in [0.15, 0.2) is 11.5 Å². The van der Waals surface area contributed by atoms with Crippen LogP contribution < -0.4 is 14.5 Å². The van der Waals surface area contributed by atoms with Crippen molar-refractivity contribution in [3.8, 4) is 11.5 Å². The summed E-state index contributed by atoms with van der Waals surface area (Å²) in [4.78, 5) is 72.9. The van der Waals surface area contributed by atoms with Gasteiger partial charge in [0.1, 0.15) is 0 Å². The van der Waals surface area contributed by atoms with Gasteiger partial charge in [-0.15, -0.1) is 0 Å². The zero-order valence-corrected chi connectivity index (χ0v) is 28.7. The minimum Gasteiger partial charge on any atom is -0.504 e. The van der Waals surface area contributed by atoms with Crippen LogP contribution in [0.4, 0.5) is 11.4 Å². The highest BCUT2D eigenvalue weighted by Crippen LogP contribution is 2.65. The van der Waals surface area contributed by atoms with Crippen molar-refractivity contribution in [1.82, 2.24) is 0 Å². The third-order valence-electron chi connectivity index (χ3n) is 11.2. The van der Waals surface area contributed by atoms with Gasteiger partial charge in [0, 0.05) is 16.5 Å². The van der Waals surface area contributed by atoms with E-state index in [1.807, 2.05) is 24.3 Å². The second-order valence-electron chi connectivity index (χ2n) is 13.6. The minimum absolute atomic E-state index is 0.0635. The Morgan fingerprint density at radius 2 is 1.56 bits per heavy atom. The first kappa shape index (κ1) is 33.4. The zero-order valence-electron chi connectivity index (χ0n) is 27.9. The molecule has 4 aromatic rings.